The predicted octanol–water partition coefficient (Wildman–Crippen LogP) is 3.45. The lowest BCUT2D eigenvalue weighted by molar-refractivity contribution is -0.118. The highest BCUT2D eigenvalue weighted by atomic mass is 16.5. The van der Waals surface area contributed by atoms with Crippen molar-refractivity contribution in [3.63, 3.8) is 0 Å². The van der Waals surface area contributed by atoms with Crippen LogP contribution in [-0.4, -0.2) is 26.6 Å². The van der Waals surface area contributed by atoms with E-state index >= 15 is 0 Å². The summed E-state index contributed by atoms with van der Waals surface area (Å²) in [6.45, 7) is 1.41. The van der Waals surface area contributed by atoms with Gasteiger partial charge in [0.1, 0.15) is 29.4 Å². The highest BCUT2D eigenvalue weighted by Crippen LogP contribution is 2.33. The summed E-state index contributed by atoms with van der Waals surface area (Å²) in [4.78, 5) is 23.5. The number of ketones is 1. The van der Waals surface area contributed by atoms with Gasteiger partial charge in [-0.05, 0) is 37.3 Å². The first-order chi connectivity index (χ1) is 12.5. The van der Waals surface area contributed by atoms with Gasteiger partial charge < -0.3 is 18.6 Å². The summed E-state index contributed by atoms with van der Waals surface area (Å²) in [6.07, 6.45) is 0. The van der Waals surface area contributed by atoms with Crippen LogP contribution in [0.2, 0.25) is 0 Å². The molecular formula is C20H18O6. The molecular weight excluding hydrogens is 336 g/mol. The number of hydrogen-bond donors (Lipinski definition) is 0. The van der Waals surface area contributed by atoms with Crippen LogP contribution in [0.1, 0.15) is 6.92 Å². The molecule has 3 aromatic rings. The molecule has 0 bridgehead atoms. The molecule has 0 N–H and O–H groups in total. The Bertz CT molecular complexity index is 1020. The van der Waals surface area contributed by atoms with Crippen LogP contribution in [0.15, 0.2) is 51.7 Å². The highest BCUT2D eigenvalue weighted by Gasteiger charge is 2.14. The van der Waals surface area contributed by atoms with Crippen molar-refractivity contribution in [1.29, 1.82) is 0 Å². The maximum atomic E-state index is 12.5. The van der Waals surface area contributed by atoms with Crippen LogP contribution in [0, 0.1) is 0 Å². The summed E-state index contributed by atoms with van der Waals surface area (Å²) in [6, 6.07) is 12.0. The molecule has 0 saturated carbocycles. The second-order valence-electron chi connectivity index (χ2n) is 5.70. The number of Topliss-reactive ketones (excluding diaryl/α,β-unsaturated/α-hetero) is 1. The summed E-state index contributed by atoms with van der Waals surface area (Å²) >= 11 is 0. The van der Waals surface area contributed by atoms with Crippen LogP contribution in [0.25, 0.3) is 22.1 Å². The van der Waals surface area contributed by atoms with Crippen LogP contribution in [-0.2, 0) is 4.79 Å². The smallest absolute Gasteiger partial charge is 0.344 e. The van der Waals surface area contributed by atoms with E-state index in [1.165, 1.54) is 14.0 Å². The number of methoxy groups -OCH3 is 2. The van der Waals surface area contributed by atoms with E-state index in [1.54, 1.807) is 49.6 Å². The Kier molecular flexibility index (Phi) is 4.93. The van der Waals surface area contributed by atoms with Crippen LogP contribution < -0.4 is 19.8 Å². The van der Waals surface area contributed by atoms with Crippen LogP contribution >= 0.6 is 0 Å². The summed E-state index contributed by atoms with van der Waals surface area (Å²) in [5.74, 6) is 1.51. The third-order valence-electron chi connectivity index (χ3n) is 3.85. The molecule has 134 valence electrons. The van der Waals surface area contributed by atoms with Crippen molar-refractivity contribution in [3.05, 3.63) is 52.9 Å². The molecule has 6 nitrogen and oxygen atoms in total. The molecule has 1 heterocycles. The van der Waals surface area contributed by atoms with E-state index in [4.69, 9.17) is 18.6 Å². The largest absolute Gasteiger partial charge is 0.497 e. The minimum atomic E-state index is -0.496. The van der Waals surface area contributed by atoms with E-state index in [1.807, 2.05) is 0 Å². The number of rotatable bonds is 6. The molecule has 2 aromatic carbocycles. The second kappa shape index (κ2) is 7.31. The molecule has 0 fully saturated rings. The Morgan fingerprint density at radius 1 is 0.962 bits per heavy atom. The minimum Gasteiger partial charge on any atom is -0.497 e. The summed E-state index contributed by atoms with van der Waals surface area (Å²) in [5, 5.41) is 0.729. The first kappa shape index (κ1) is 17.5. The minimum absolute atomic E-state index is 0.0309. The van der Waals surface area contributed by atoms with Crippen molar-refractivity contribution in [2.24, 2.45) is 0 Å². The Morgan fingerprint density at radius 2 is 1.73 bits per heavy atom. The first-order valence-corrected chi connectivity index (χ1v) is 7.94. The molecule has 0 aliphatic carbocycles. The van der Waals surface area contributed by atoms with Crippen molar-refractivity contribution in [3.8, 4) is 28.4 Å². The van der Waals surface area contributed by atoms with Gasteiger partial charge in [-0.25, -0.2) is 4.79 Å². The molecule has 3 rings (SSSR count). The van der Waals surface area contributed by atoms with Gasteiger partial charge >= 0.3 is 5.63 Å². The molecule has 0 aliphatic heterocycles. The third kappa shape index (κ3) is 3.54. The Labute approximate surface area is 149 Å². The van der Waals surface area contributed by atoms with E-state index in [2.05, 4.69) is 0 Å². The molecule has 0 amide bonds. The lowest BCUT2D eigenvalue weighted by Crippen LogP contribution is -2.07. The average Bonchev–Trinajstić information content (AvgIpc) is 2.65. The number of carbonyl (C=O) groups excluding carboxylic acids is 1. The lowest BCUT2D eigenvalue weighted by atomic mass is 10.0. The zero-order chi connectivity index (χ0) is 18.7. The Balaban J connectivity index is 2.06. The maximum absolute atomic E-state index is 12.5. The van der Waals surface area contributed by atoms with Crippen molar-refractivity contribution in [2.75, 3.05) is 20.8 Å². The van der Waals surface area contributed by atoms with Crippen molar-refractivity contribution in [2.45, 2.75) is 6.92 Å². The summed E-state index contributed by atoms with van der Waals surface area (Å²) < 4.78 is 21.3. The Morgan fingerprint density at radius 3 is 2.42 bits per heavy atom. The second-order valence-corrected chi connectivity index (χ2v) is 5.70. The van der Waals surface area contributed by atoms with Crippen molar-refractivity contribution >= 4 is 16.8 Å². The molecule has 0 spiro atoms. The summed E-state index contributed by atoms with van der Waals surface area (Å²) in [5.41, 5.74) is 0.882. The van der Waals surface area contributed by atoms with E-state index < -0.39 is 5.63 Å². The van der Waals surface area contributed by atoms with E-state index in [0.717, 1.165) is 5.39 Å². The number of hydrogen-bond acceptors (Lipinski definition) is 6. The van der Waals surface area contributed by atoms with Crippen molar-refractivity contribution in [1.82, 2.24) is 0 Å². The summed E-state index contributed by atoms with van der Waals surface area (Å²) in [7, 11) is 3.09. The Hall–Kier alpha value is -3.28. The van der Waals surface area contributed by atoms with Gasteiger partial charge in [0.2, 0.25) is 0 Å². The van der Waals surface area contributed by atoms with Crippen LogP contribution in [0.4, 0.5) is 0 Å². The number of ether oxygens (including phenoxy) is 3. The van der Waals surface area contributed by atoms with Gasteiger partial charge in [0.25, 0.3) is 0 Å². The fourth-order valence-electron chi connectivity index (χ4n) is 2.58. The average molecular weight is 354 g/mol. The standard InChI is InChI=1S/C20H18O6/c1-12(21)11-25-15-5-4-13-8-17(20(22)26-18(13)10-15)16-7-6-14(23-2)9-19(16)24-3/h4-10H,11H2,1-3H3. The van der Waals surface area contributed by atoms with Gasteiger partial charge in [0.05, 0.1) is 19.8 Å². The number of fused-ring (bicyclic) bond motifs is 1. The predicted molar refractivity (Wildman–Crippen MR) is 97.2 cm³/mol. The molecule has 0 saturated heterocycles. The van der Waals surface area contributed by atoms with Gasteiger partial charge in [-0.3, -0.25) is 4.79 Å². The number of carbonyl (C=O) groups is 1. The maximum Gasteiger partial charge on any atom is 0.344 e. The topological polar surface area (TPSA) is 75.0 Å². The van der Waals surface area contributed by atoms with Gasteiger partial charge in [-0.2, -0.15) is 0 Å². The molecule has 0 aliphatic rings. The van der Waals surface area contributed by atoms with Gasteiger partial charge in [0.15, 0.2) is 5.78 Å². The SMILES string of the molecule is COc1ccc(-c2cc3ccc(OCC(C)=O)cc3oc2=O)c(OC)c1. The fourth-order valence-corrected chi connectivity index (χ4v) is 2.58. The molecule has 0 unspecified atom stereocenters. The molecule has 26 heavy (non-hydrogen) atoms. The van der Waals surface area contributed by atoms with Crippen molar-refractivity contribution < 1.29 is 23.4 Å². The van der Waals surface area contributed by atoms with Gasteiger partial charge in [0, 0.05) is 23.1 Å². The molecule has 0 atom stereocenters. The highest BCUT2D eigenvalue weighted by molar-refractivity contribution is 5.84. The zero-order valence-corrected chi connectivity index (χ0v) is 14.7. The quantitative estimate of drug-likeness (QED) is 0.631. The number of benzene rings is 2. The zero-order valence-electron chi connectivity index (χ0n) is 14.7. The van der Waals surface area contributed by atoms with Crippen LogP contribution in [0.3, 0.4) is 0 Å². The van der Waals surface area contributed by atoms with Crippen LogP contribution in [0.5, 0.6) is 17.2 Å². The normalized spacial score (nSPS) is 10.6. The monoisotopic (exact) mass is 354 g/mol. The lowest BCUT2D eigenvalue weighted by Gasteiger charge is -2.10. The van der Waals surface area contributed by atoms with Gasteiger partial charge in [-0.15, -0.1) is 0 Å². The molecule has 0 radical (unpaired) electrons. The molecule has 1 aromatic heterocycles. The van der Waals surface area contributed by atoms with E-state index in [-0.39, 0.29) is 12.4 Å². The van der Waals surface area contributed by atoms with E-state index in [9.17, 15) is 9.59 Å². The van der Waals surface area contributed by atoms with E-state index in [0.29, 0.717) is 34.0 Å². The first-order valence-electron chi connectivity index (χ1n) is 7.94. The third-order valence-corrected chi connectivity index (χ3v) is 3.85. The van der Waals surface area contributed by atoms with Gasteiger partial charge in [-0.1, -0.05) is 0 Å². The molecule has 6 heteroatoms. The fraction of sp³-hybridized carbons (Fsp3) is 0.200.